The molecular formula is C25H35N5O3. The molecule has 0 radical (unpaired) electrons. The van der Waals surface area contributed by atoms with E-state index in [1.165, 1.54) is 0 Å². The number of nitrogens with one attached hydrogen (secondary N) is 2. The third-order valence-electron chi connectivity index (χ3n) is 6.05. The van der Waals surface area contributed by atoms with E-state index < -0.39 is 11.8 Å². The molecule has 8 heteroatoms. The largest absolute Gasteiger partial charge is 0.497 e. The number of likely N-dealkylation sites (N-methyl/N-ethyl adjacent to an activating group) is 1. The Hall–Kier alpha value is -3.10. The molecule has 178 valence electrons. The van der Waals surface area contributed by atoms with E-state index in [0.717, 1.165) is 48.7 Å². The normalized spacial score (nSPS) is 15.5. The molecule has 3 rings (SSSR count). The zero-order valence-electron chi connectivity index (χ0n) is 20.0. The monoisotopic (exact) mass is 453 g/mol. The van der Waals surface area contributed by atoms with E-state index in [1.807, 2.05) is 38.4 Å². The van der Waals surface area contributed by atoms with Crippen LogP contribution in [-0.2, 0) is 16.1 Å². The molecule has 2 aromatic rings. The number of benzene rings is 2. The highest BCUT2D eigenvalue weighted by atomic mass is 16.5. The second-order valence-electron chi connectivity index (χ2n) is 8.58. The zero-order chi connectivity index (χ0) is 23.8. The molecule has 8 nitrogen and oxygen atoms in total. The predicted molar refractivity (Wildman–Crippen MR) is 130 cm³/mol. The van der Waals surface area contributed by atoms with Gasteiger partial charge in [0.15, 0.2) is 0 Å². The van der Waals surface area contributed by atoms with Crippen LogP contribution in [0.5, 0.6) is 5.75 Å². The van der Waals surface area contributed by atoms with Crippen molar-refractivity contribution >= 4 is 17.5 Å². The number of ether oxygens (including phenoxy) is 1. The minimum Gasteiger partial charge on any atom is -0.497 e. The number of piperazine rings is 1. The van der Waals surface area contributed by atoms with Crippen molar-refractivity contribution in [3.8, 4) is 5.75 Å². The zero-order valence-corrected chi connectivity index (χ0v) is 20.0. The van der Waals surface area contributed by atoms with E-state index in [2.05, 4.69) is 56.6 Å². The Morgan fingerprint density at radius 3 is 2.12 bits per heavy atom. The summed E-state index contributed by atoms with van der Waals surface area (Å²) in [6.45, 7) is 4.43. The van der Waals surface area contributed by atoms with Gasteiger partial charge in [-0.15, -0.1) is 0 Å². The maximum absolute atomic E-state index is 12.5. The summed E-state index contributed by atoms with van der Waals surface area (Å²) in [6, 6.07) is 15.8. The molecule has 1 unspecified atom stereocenters. The highest BCUT2D eigenvalue weighted by Gasteiger charge is 2.25. The Morgan fingerprint density at radius 2 is 1.55 bits per heavy atom. The van der Waals surface area contributed by atoms with Crippen molar-refractivity contribution < 1.29 is 14.3 Å². The lowest BCUT2D eigenvalue weighted by Gasteiger charge is -2.38. The molecule has 0 aliphatic carbocycles. The standard InChI is InChI=1S/C25H35N5O3/c1-28(2)21-9-7-20(8-10-21)23(30-15-13-29(3)14-16-30)18-27-25(32)24(31)26-17-19-5-11-22(33-4)12-6-19/h5-12,23H,13-18H2,1-4H3,(H,26,31)(H,27,32). The topological polar surface area (TPSA) is 77.1 Å². The quantitative estimate of drug-likeness (QED) is 0.590. The summed E-state index contributed by atoms with van der Waals surface area (Å²) >= 11 is 0. The first-order valence-corrected chi connectivity index (χ1v) is 11.3. The lowest BCUT2D eigenvalue weighted by atomic mass is 10.0. The highest BCUT2D eigenvalue weighted by molar-refractivity contribution is 6.35. The molecule has 2 N–H and O–H groups in total. The number of hydrogen-bond acceptors (Lipinski definition) is 6. The fraction of sp³-hybridized carbons (Fsp3) is 0.440. The van der Waals surface area contributed by atoms with Gasteiger partial charge in [0, 0.05) is 59.1 Å². The molecule has 1 heterocycles. The second kappa shape index (κ2) is 11.7. The van der Waals surface area contributed by atoms with Crippen molar-refractivity contribution in [2.75, 3.05) is 65.9 Å². The first-order valence-electron chi connectivity index (χ1n) is 11.3. The first-order chi connectivity index (χ1) is 15.9. The Balaban J connectivity index is 1.60. The van der Waals surface area contributed by atoms with Crippen LogP contribution < -0.4 is 20.3 Å². The SMILES string of the molecule is COc1ccc(CNC(=O)C(=O)NCC(c2ccc(N(C)C)cc2)N2CCN(C)CC2)cc1. The average Bonchev–Trinajstić information content (AvgIpc) is 2.84. The molecule has 0 spiro atoms. The van der Waals surface area contributed by atoms with Crippen molar-refractivity contribution in [3.05, 3.63) is 59.7 Å². The van der Waals surface area contributed by atoms with Crippen molar-refractivity contribution in [2.24, 2.45) is 0 Å². The molecule has 2 aromatic carbocycles. The van der Waals surface area contributed by atoms with Crippen LogP contribution in [0.1, 0.15) is 17.2 Å². The Labute approximate surface area is 196 Å². The number of carbonyl (C=O) groups is 2. The summed E-state index contributed by atoms with van der Waals surface area (Å²) in [5.41, 5.74) is 3.15. The van der Waals surface area contributed by atoms with Gasteiger partial charge in [-0.3, -0.25) is 14.5 Å². The number of amides is 2. The second-order valence-corrected chi connectivity index (χ2v) is 8.58. The van der Waals surface area contributed by atoms with Gasteiger partial charge in [0.2, 0.25) is 0 Å². The Kier molecular flexibility index (Phi) is 8.68. The number of rotatable bonds is 8. The van der Waals surface area contributed by atoms with Crippen LogP contribution in [0.4, 0.5) is 5.69 Å². The fourth-order valence-electron chi connectivity index (χ4n) is 3.86. The maximum atomic E-state index is 12.5. The Morgan fingerprint density at radius 1 is 0.939 bits per heavy atom. The van der Waals surface area contributed by atoms with Gasteiger partial charge < -0.3 is 25.2 Å². The average molecular weight is 454 g/mol. The number of methoxy groups -OCH3 is 1. The summed E-state index contributed by atoms with van der Waals surface area (Å²) in [5.74, 6) is -0.505. The van der Waals surface area contributed by atoms with E-state index >= 15 is 0 Å². The summed E-state index contributed by atoms with van der Waals surface area (Å²) < 4.78 is 5.14. The maximum Gasteiger partial charge on any atom is 0.309 e. The lowest BCUT2D eigenvalue weighted by molar-refractivity contribution is -0.139. The molecule has 2 amide bonds. The van der Waals surface area contributed by atoms with Gasteiger partial charge in [0.1, 0.15) is 5.75 Å². The molecule has 1 saturated heterocycles. The smallest absolute Gasteiger partial charge is 0.309 e. The van der Waals surface area contributed by atoms with Gasteiger partial charge in [0.25, 0.3) is 0 Å². The fourth-order valence-corrected chi connectivity index (χ4v) is 3.86. The van der Waals surface area contributed by atoms with Gasteiger partial charge in [0.05, 0.1) is 13.2 Å². The van der Waals surface area contributed by atoms with Crippen LogP contribution in [0.3, 0.4) is 0 Å². The number of carbonyl (C=O) groups excluding carboxylic acids is 2. The molecule has 0 aromatic heterocycles. The van der Waals surface area contributed by atoms with Crippen molar-refractivity contribution in [1.82, 2.24) is 20.4 Å². The molecule has 0 saturated carbocycles. The minimum absolute atomic E-state index is 0.00764. The summed E-state index contributed by atoms with van der Waals surface area (Å²) in [6.07, 6.45) is 0. The van der Waals surface area contributed by atoms with Crippen LogP contribution in [0.25, 0.3) is 0 Å². The molecule has 1 atom stereocenters. The third kappa shape index (κ3) is 6.94. The van der Waals surface area contributed by atoms with E-state index in [0.29, 0.717) is 6.54 Å². The number of hydrogen-bond donors (Lipinski definition) is 2. The van der Waals surface area contributed by atoms with Crippen LogP contribution >= 0.6 is 0 Å². The van der Waals surface area contributed by atoms with E-state index in [-0.39, 0.29) is 12.6 Å². The molecular weight excluding hydrogens is 418 g/mol. The molecule has 1 aliphatic heterocycles. The molecule has 33 heavy (non-hydrogen) atoms. The summed E-state index contributed by atoms with van der Waals surface area (Å²) in [5, 5.41) is 5.53. The first kappa shape index (κ1) is 24.5. The third-order valence-corrected chi connectivity index (χ3v) is 6.05. The molecule has 1 fully saturated rings. The van der Waals surface area contributed by atoms with Crippen LogP contribution in [0.15, 0.2) is 48.5 Å². The highest BCUT2D eigenvalue weighted by Crippen LogP contribution is 2.24. The number of nitrogens with zero attached hydrogens (tertiary/aromatic N) is 3. The summed E-state index contributed by atoms with van der Waals surface area (Å²) in [7, 11) is 7.75. The van der Waals surface area contributed by atoms with Gasteiger partial charge >= 0.3 is 11.8 Å². The van der Waals surface area contributed by atoms with Crippen LogP contribution in [0.2, 0.25) is 0 Å². The van der Waals surface area contributed by atoms with Crippen molar-refractivity contribution in [2.45, 2.75) is 12.6 Å². The van der Waals surface area contributed by atoms with Crippen molar-refractivity contribution in [3.63, 3.8) is 0 Å². The van der Waals surface area contributed by atoms with Gasteiger partial charge in [-0.2, -0.15) is 0 Å². The predicted octanol–water partition coefficient (Wildman–Crippen LogP) is 1.48. The van der Waals surface area contributed by atoms with Crippen molar-refractivity contribution in [1.29, 1.82) is 0 Å². The van der Waals surface area contributed by atoms with Crippen LogP contribution in [-0.4, -0.2) is 82.6 Å². The van der Waals surface area contributed by atoms with Gasteiger partial charge in [-0.1, -0.05) is 24.3 Å². The minimum atomic E-state index is -0.633. The van der Waals surface area contributed by atoms with E-state index in [4.69, 9.17) is 4.74 Å². The molecule has 1 aliphatic rings. The lowest BCUT2D eigenvalue weighted by Crippen LogP contribution is -2.49. The Bertz CT molecular complexity index is 907. The van der Waals surface area contributed by atoms with E-state index in [1.54, 1.807) is 7.11 Å². The van der Waals surface area contributed by atoms with Gasteiger partial charge in [-0.05, 0) is 42.4 Å². The van der Waals surface area contributed by atoms with E-state index in [9.17, 15) is 9.59 Å². The van der Waals surface area contributed by atoms with Gasteiger partial charge in [-0.25, -0.2) is 0 Å². The summed E-state index contributed by atoms with van der Waals surface area (Å²) in [4.78, 5) is 31.6. The number of anilines is 1. The molecule has 0 bridgehead atoms. The van der Waals surface area contributed by atoms with Crippen LogP contribution in [0, 0.1) is 0 Å².